The molecule has 2 saturated carbocycles. The molecule has 2 fully saturated rings. The van der Waals surface area contributed by atoms with Crippen LogP contribution in [0.5, 0.6) is 0 Å². The Kier molecular flexibility index (Phi) is 8.48. The molecule has 38 heavy (non-hydrogen) atoms. The molecular weight excluding hydrogens is 474 g/mol. The van der Waals surface area contributed by atoms with Crippen molar-refractivity contribution in [3.8, 4) is 11.3 Å². The summed E-state index contributed by atoms with van der Waals surface area (Å²) < 4.78 is 2.41. The molecule has 1 nitrogen and oxygen atoms in total. The van der Waals surface area contributed by atoms with E-state index in [1.165, 1.54) is 104 Å². The van der Waals surface area contributed by atoms with Crippen LogP contribution in [-0.2, 0) is 7.05 Å². The Morgan fingerprint density at radius 2 is 1.45 bits per heavy atom. The molecule has 0 bridgehead atoms. The van der Waals surface area contributed by atoms with Gasteiger partial charge in [-0.05, 0) is 84.2 Å². The second kappa shape index (κ2) is 11.7. The third kappa shape index (κ3) is 5.03. The highest BCUT2D eigenvalue weighted by Gasteiger charge is 2.35. The van der Waals surface area contributed by atoms with Crippen molar-refractivity contribution in [3.63, 3.8) is 0 Å². The van der Waals surface area contributed by atoms with Crippen LogP contribution >= 0.6 is 0 Å². The normalized spacial score (nSPS) is 18.0. The topological polar surface area (TPSA) is 3.88 Å². The van der Waals surface area contributed by atoms with E-state index in [0.29, 0.717) is 0 Å². The quantitative estimate of drug-likeness (QED) is 0.213. The Labute approximate surface area is 234 Å². The number of pyridine rings is 1. The molecule has 0 radical (unpaired) electrons. The summed E-state index contributed by atoms with van der Waals surface area (Å²) in [6.07, 6.45) is 16.2. The highest BCUT2D eigenvalue weighted by Crippen LogP contribution is 2.42. The number of hydrogen-bond acceptors (Lipinski definition) is 0. The first-order chi connectivity index (χ1) is 18.4. The van der Waals surface area contributed by atoms with Crippen molar-refractivity contribution >= 4 is 24.0 Å². The average molecular weight is 527 g/mol. The summed E-state index contributed by atoms with van der Waals surface area (Å²) in [5, 5.41) is 4.51. The van der Waals surface area contributed by atoms with E-state index >= 15 is 0 Å². The SMILES string of the molecule is CC[Si](CC)(c1ccc2c(-c3cc(C4CCCCC4)cc(C4CCCCC4)c3C)[n+](C)ccc2c1)C(C)C. The second-order valence-corrected chi connectivity index (χ2v) is 18.5. The average Bonchev–Trinajstić information content (AvgIpc) is 2.95. The zero-order valence-corrected chi connectivity index (χ0v) is 26.2. The van der Waals surface area contributed by atoms with E-state index in [9.17, 15) is 0 Å². The first kappa shape index (κ1) is 27.6. The molecule has 204 valence electrons. The van der Waals surface area contributed by atoms with Gasteiger partial charge in [-0.3, -0.25) is 0 Å². The van der Waals surface area contributed by atoms with Gasteiger partial charge in [-0.25, -0.2) is 4.57 Å². The molecule has 1 heterocycles. The van der Waals surface area contributed by atoms with Gasteiger partial charge in [0.2, 0.25) is 5.69 Å². The van der Waals surface area contributed by atoms with Crippen molar-refractivity contribution in [2.45, 2.75) is 128 Å². The van der Waals surface area contributed by atoms with E-state index in [0.717, 1.165) is 17.4 Å². The molecule has 0 saturated heterocycles. The van der Waals surface area contributed by atoms with Gasteiger partial charge in [0, 0.05) is 6.07 Å². The highest BCUT2D eigenvalue weighted by molar-refractivity contribution is 6.92. The smallest absolute Gasteiger partial charge is 0.200 e. The van der Waals surface area contributed by atoms with Crippen molar-refractivity contribution in [2.24, 2.45) is 7.05 Å². The van der Waals surface area contributed by atoms with E-state index in [2.05, 4.69) is 88.8 Å². The van der Waals surface area contributed by atoms with Crippen molar-refractivity contribution in [1.29, 1.82) is 0 Å². The van der Waals surface area contributed by atoms with Crippen LogP contribution in [0.4, 0.5) is 0 Å². The minimum atomic E-state index is -1.51. The van der Waals surface area contributed by atoms with Gasteiger partial charge in [0.05, 0.1) is 19.0 Å². The molecule has 3 aromatic rings. The molecule has 0 N–H and O–H groups in total. The van der Waals surface area contributed by atoms with Crippen LogP contribution in [-0.4, -0.2) is 8.07 Å². The highest BCUT2D eigenvalue weighted by atomic mass is 28.3. The number of hydrogen-bond donors (Lipinski definition) is 0. The summed E-state index contributed by atoms with van der Waals surface area (Å²) in [5.41, 5.74) is 8.51. The number of benzene rings is 2. The first-order valence-corrected chi connectivity index (χ1v) is 18.5. The molecule has 0 atom stereocenters. The predicted molar refractivity (Wildman–Crippen MR) is 168 cm³/mol. The van der Waals surface area contributed by atoms with Gasteiger partial charge in [0.25, 0.3) is 0 Å². The van der Waals surface area contributed by atoms with Crippen molar-refractivity contribution in [3.05, 3.63) is 59.3 Å². The maximum absolute atomic E-state index is 2.67. The first-order valence-electron chi connectivity index (χ1n) is 16.0. The Balaban J connectivity index is 1.70. The number of aryl methyl sites for hydroxylation is 1. The fraction of sp³-hybridized carbons (Fsp3) is 0.583. The van der Waals surface area contributed by atoms with Gasteiger partial charge in [-0.1, -0.05) is 102 Å². The zero-order valence-electron chi connectivity index (χ0n) is 25.2. The summed E-state index contributed by atoms with van der Waals surface area (Å²) >= 11 is 0. The summed E-state index contributed by atoms with van der Waals surface area (Å²) in [7, 11) is 0.760. The van der Waals surface area contributed by atoms with E-state index < -0.39 is 8.07 Å². The zero-order chi connectivity index (χ0) is 26.9. The molecule has 2 aliphatic rings. The van der Waals surface area contributed by atoms with Gasteiger partial charge >= 0.3 is 0 Å². The standard InChI is InChI=1S/C36H52NSi/c1-7-38(8-2,26(3)4)32-19-20-33-30(23-32)21-22-37(6)36(33)35-25-31(28-15-11-9-12-16-28)24-34(27(35)5)29-17-13-10-14-18-29/h19-26,28-29H,7-18H2,1-6H3/q+1. The Bertz CT molecular complexity index is 1260. The molecule has 1 aromatic heterocycles. The van der Waals surface area contributed by atoms with Gasteiger partial charge in [0.1, 0.15) is 7.05 Å². The third-order valence-electron chi connectivity index (χ3n) is 10.9. The maximum Gasteiger partial charge on any atom is 0.220 e. The monoisotopic (exact) mass is 526 g/mol. The lowest BCUT2D eigenvalue weighted by atomic mass is 9.76. The summed E-state index contributed by atoms with van der Waals surface area (Å²) in [6, 6.07) is 17.9. The maximum atomic E-state index is 2.67. The molecule has 0 unspecified atom stereocenters. The molecule has 2 heteroatoms. The lowest BCUT2D eigenvalue weighted by Gasteiger charge is -2.34. The van der Waals surface area contributed by atoms with Gasteiger partial charge in [-0.2, -0.15) is 0 Å². The lowest BCUT2D eigenvalue weighted by Crippen LogP contribution is -2.49. The van der Waals surface area contributed by atoms with Crippen LogP contribution in [0.1, 0.15) is 120 Å². The summed E-state index contributed by atoms with van der Waals surface area (Å²) in [6.45, 7) is 12.2. The Morgan fingerprint density at radius 1 is 0.816 bits per heavy atom. The van der Waals surface area contributed by atoms with Crippen molar-refractivity contribution in [1.82, 2.24) is 0 Å². The summed E-state index contributed by atoms with van der Waals surface area (Å²) in [4.78, 5) is 0. The minimum Gasteiger partial charge on any atom is -0.200 e. The van der Waals surface area contributed by atoms with Crippen molar-refractivity contribution < 1.29 is 4.57 Å². The Hall–Kier alpha value is -1.93. The van der Waals surface area contributed by atoms with Gasteiger partial charge in [-0.15, -0.1) is 0 Å². The van der Waals surface area contributed by atoms with Crippen LogP contribution in [0, 0.1) is 6.92 Å². The molecule has 5 rings (SSSR count). The predicted octanol–water partition coefficient (Wildman–Crippen LogP) is 9.84. The fourth-order valence-electron chi connectivity index (χ4n) is 8.34. The van der Waals surface area contributed by atoms with E-state index in [4.69, 9.17) is 0 Å². The van der Waals surface area contributed by atoms with Crippen LogP contribution in [0.15, 0.2) is 42.6 Å². The molecule has 2 aromatic carbocycles. The molecule has 0 amide bonds. The lowest BCUT2D eigenvalue weighted by molar-refractivity contribution is -0.659. The van der Waals surface area contributed by atoms with Crippen LogP contribution in [0.2, 0.25) is 17.6 Å². The minimum absolute atomic E-state index is 0.740. The van der Waals surface area contributed by atoms with Gasteiger partial charge < -0.3 is 0 Å². The summed E-state index contributed by atoms with van der Waals surface area (Å²) in [5.74, 6) is 1.48. The largest absolute Gasteiger partial charge is 0.220 e. The van der Waals surface area contributed by atoms with Gasteiger partial charge in [0.15, 0.2) is 6.20 Å². The van der Waals surface area contributed by atoms with E-state index in [1.807, 2.05) is 0 Å². The third-order valence-corrected chi connectivity index (χ3v) is 17.1. The number of rotatable bonds is 7. The number of aromatic nitrogens is 1. The number of fused-ring (bicyclic) bond motifs is 1. The molecule has 0 aliphatic heterocycles. The van der Waals surface area contributed by atoms with Crippen LogP contribution < -0.4 is 9.75 Å². The van der Waals surface area contributed by atoms with Crippen LogP contribution in [0.25, 0.3) is 22.0 Å². The fourth-order valence-corrected chi connectivity index (χ4v) is 12.8. The number of nitrogens with zero attached hydrogens (tertiary/aromatic N) is 1. The molecule has 0 spiro atoms. The second-order valence-electron chi connectivity index (χ2n) is 13.0. The molecular formula is C36H52NSi+. The Morgan fingerprint density at radius 3 is 2.05 bits per heavy atom. The van der Waals surface area contributed by atoms with Crippen molar-refractivity contribution in [2.75, 3.05) is 0 Å². The molecule has 2 aliphatic carbocycles. The van der Waals surface area contributed by atoms with E-state index in [-0.39, 0.29) is 0 Å². The van der Waals surface area contributed by atoms with Crippen LogP contribution in [0.3, 0.4) is 0 Å². The van der Waals surface area contributed by atoms with E-state index in [1.54, 1.807) is 16.3 Å².